The Morgan fingerprint density at radius 3 is 2.65 bits per heavy atom. The van der Waals surface area contributed by atoms with Crippen molar-refractivity contribution in [2.45, 2.75) is 31.6 Å². The van der Waals surface area contributed by atoms with E-state index in [1.54, 1.807) is 11.8 Å². The van der Waals surface area contributed by atoms with Crippen LogP contribution in [0.4, 0.5) is 5.00 Å². The van der Waals surface area contributed by atoms with Gasteiger partial charge in [0.15, 0.2) is 0 Å². The van der Waals surface area contributed by atoms with Crippen molar-refractivity contribution in [2.24, 2.45) is 0 Å². The van der Waals surface area contributed by atoms with E-state index < -0.39 is 10.0 Å². The quantitative estimate of drug-likeness (QED) is 0.879. The molecule has 124 valence electrons. The number of hydrogen-bond donors (Lipinski definition) is 2. The predicted molar refractivity (Wildman–Crippen MR) is 88.3 cm³/mol. The number of aryl methyl sites for hydroxylation is 2. The number of sulfonamides is 1. The summed E-state index contributed by atoms with van der Waals surface area (Å²) >= 11 is 1.28. The van der Waals surface area contributed by atoms with Gasteiger partial charge >= 0.3 is 0 Å². The van der Waals surface area contributed by atoms with E-state index in [-0.39, 0.29) is 10.8 Å². The Balaban J connectivity index is 1.81. The molecule has 1 amide bonds. The first-order valence-electron chi connectivity index (χ1n) is 7.31. The second-order valence-electron chi connectivity index (χ2n) is 5.50. The summed E-state index contributed by atoms with van der Waals surface area (Å²) in [5.41, 5.74) is 0.935. The number of hydrogen-bond acceptors (Lipinski definition) is 5. The topological polar surface area (TPSA) is 95.2 Å². The minimum Gasteiger partial charge on any atom is -0.356 e. The summed E-state index contributed by atoms with van der Waals surface area (Å²) in [7, 11) is -3.74. The molecule has 2 aromatic rings. The molecule has 1 aliphatic heterocycles. The van der Waals surface area contributed by atoms with Crippen molar-refractivity contribution in [2.75, 3.05) is 17.8 Å². The number of thiazole rings is 1. The number of aromatic amines is 1. The molecule has 0 aliphatic carbocycles. The summed E-state index contributed by atoms with van der Waals surface area (Å²) < 4.78 is 27.4. The number of nitrogens with one attached hydrogen (secondary N) is 2. The normalized spacial score (nSPS) is 15.1. The van der Waals surface area contributed by atoms with Crippen LogP contribution in [-0.4, -0.2) is 42.3 Å². The summed E-state index contributed by atoms with van der Waals surface area (Å²) in [6, 6.07) is 1.38. The van der Waals surface area contributed by atoms with Crippen LogP contribution < -0.4 is 4.72 Å². The van der Waals surface area contributed by atoms with E-state index >= 15 is 0 Å². The number of likely N-dealkylation sites (tertiary alicyclic amines) is 1. The number of rotatable bonds is 4. The van der Waals surface area contributed by atoms with Gasteiger partial charge in [-0.2, -0.15) is 0 Å². The average molecular weight is 354 g/mol. The fourth-order valence-electron chi connectivity index (χ4n) is 2.55. The van der Waals surface area contributed by atoms with E-state index in [1.807, 2.05) is 6.92 Å². The number of amides is 1. The van der Waals surface area contributed by atoms with Gasteiger partial charge in [-0.15, -0.1) is 11.3 Å². The van der Waals surface area contributed by atoms with Crippen molar-refractivity contribution in [3.8, 4) is 0 Å². The average Bonchev–Trinajstić information content (AvgIpc) is 3.20. The molecule has 1 saturated heterocycles. The van der Waals surface area contributed by atoms with Gasteiger partial charge in [0.05, 0.1) is 10.7 Å². The van der Waals surface area contributed by atoms with Gasteiger partial charge < -0.3 is 9.88 Å². The molecule has 2 N–H and O–H groups in total. The molecule has 0 spiro atoms. The largest absolute Gasteiger partial charge is 0.356 e. The maximum atomic E-state index is 12.4. The Hall–Kier alpha value is -1.87. The fourth-order valence-corrected chi connectivity index (χ4v) is 4.71. The first-order valence-corrected chi connectivity index (χ1v) is 9.61. The van der Waals surface area contributed by atoms with Gasteiger partial charge in [-0.25, -0.2) is 13.4 Å². The highest BCUT2D eigenvalue weighted by Crippen LogP contribution is 2.26. The van der Waals surface area contributed by atoms with E-state index in [2.05, 4.69) is 14.7 Å². The Morgan fingerprint density at radius 1 is 1.35 bits per heavy atom. The lowest BCUT2D eigenvalue weighted by Crippen LogP contribution is -2.27. The van der Waals surface area contributed by atoms with Gasteiger partial charge in [0, 0.05) is 19.3 Å². The number of carbonyl (C=O) groups is 1. The van der Waals surface area contributed by atoms with Gasteiger partial charge in [-0.3, -0.25) is 9.52 Å². The maximum Gasteiger partial charge on any atom is 0.270 e. The lowest BCUT2D eigenvalue weighted by molar-refractivity contribution is 0.0787. The zero-order chi connectivity index (χ0) is 16.6. The third-order valence-electron chi connectivity index (χ3n) is 3.72. The van der Waals surface area contributed by atoms with Crippen molar-refractivity contribution in [1.82, 2.24) is 14.9 Å². The Kier molecular flexibility index (Phi) is 4.15. The van der Waals surface area contributed by atoms with E-state index in [0.29, 0.717) is 16.4 Å². The first kappa shape index (κ1) is 16.0. The minimum absolute atomic E-state index is 0.0468. The molecule has 3 rings (SSSR count). The van der Waals surface area contributed by atoms with Crippen LogP contribution in [0.3, 0.4) is 0 Å². The predicted octanol–water partition coefficient (Wildman–Crippen LogP) is 2.12. The standard InChI is InChI=1S/C14H18N4O3S2/c1-9-13(22-10(2)16-9)17-23(20,21)11-7-12(15-8-11)14(19)18-5-3-4-6-18/h7-8,15,17H,3-6H2,1-2H3. The molecular formula is C14H18N4O3S2. The van der Waals surface area contributed by atoms with Gasteiger partial charge in [0.2, 0.25) is 0 Å². The highest BCUT2D eigenvalue weighted by molar-refractivity contribution is 7.93. The van der Waals surface area contributed by atoms with Crippen molar-refractivity contribution < 1.29 is 13.2 Å². The molecule has 0 aromatic carbocycles. The molecule has 0 unspecified atom stereocenters. The van der Waals surface area contributed by atoms with Crippen LogP contribution in [0, 0.1) is 13.8 Å². The molecule has 7 nitrogen and oxygen atoms in total. The molecule has 0 radical (unpaired) electrons. The summed E-state index contributed by atoms with van der Waals surface area (Å²) in [6.45, 7) is 5.01. The van der Waals surface area contributed by atoms with Gasteiger partial charge in [0.25, 0.3) is 15.9 Å². The number of nitrogens with zero attached hydrogens (tertiary/aromatic N) is 2. The fraction of sp³-hybridized carbons (Fsp3) is 0.429. The van der Waals surface area contributed by atoms with Crippen LogP contribution >= 0.6 is 11.3 Å². The van der Waals surface area contributed by atoms with Crippen LogP contribution in [0.15, 0.2) is 17.2 Å². The minimum atomic E-state index is -3.74. The SMILES string of the molecule is Cc1nc(C)c(NS(=O)(=O)c2c[nH]c(C(=O)N3CCCC3)c2)s1. The van der Waals surface area contributed by atoms with Crippen LogP contribution in [0.25, 0.3) is 0 Å². The van der Waals surface area contributed by atoms with Gasteiger partial charge in [-0.05, 0) is 32.8 Å². The third-order valence-corrected chi connectivity index (χ3v) is 6.17. The van der Waals surface area contributed by atoms with Crippen molar-refractivity contribution in [3.05, 3.63) is 28.7 Å². The summed E-state index contributed by atoms with van der Waals surface area (Å²) in [4.78, 5) is 21.0. The molecule has 1 fully saturated rings. The van der Waals surface area contributed by atoms with Crippen LogP contribution in [-0.2, 0) is 10.0 Å². The summed E-state index contributed by atoms with van der Waals surface area (Å²) in [6.07, 6.45) is 3.32. The van der Waals surface area contributed by atoms with Crippen LogP contribution in [0.5, 0.6) is 0 Å². The summed E-state index contributed by atoms with van der Waals surface area (Å²) in [5.74, 6) is -0.159. The van der Waals surface area contributed by atoms with Crippen molar-refractivity contribution in [1.29, 1.82) is 0 Å². The lowest BCUT2D eigenvalue weighted by atomic mass is 10.4. The second-order valence-corrected chi connectivity index (χ2v) is 8.39. The number of carbonyl (C=O) groups excluding carboxylic acids is 1. The first-order chi connectivity index (χ1) is 10.9. The Bertz CT molecular complexity index is 832. The highest BCUT2D eigenvalue weighted by atomic mass is 32.2. The monoisotopic (exact) mass is 354 g/mol. The Labute approximate surface area is 138 Å². The lowest BCUT2D eigenvalue weighted by Gasteiger charge is -2.13. The van der Waals surface area contributed by atoms with E-state index in [4.69, 9.17) is 0 Å². The van der Waals surface area contributed by atoms with Crippen LogP contribution in [0.2, 0.25) is 0 Å². The molecule has 2 aromatic heterocycles. The molecule has 3 heterocycles. The maximum absolute atomic E-state index is 12.4. The van der Waals surface area contributed by atoms with Gasteiger partial charge in [-0.1, -0.05) is 0 Å². The van der Waals surface area contributed by atoms with Crippen molar-refractivity contribution in [3.63, 3.8) is 0 Å². The van der Waals surface area contributed by atoms with Crippen molar-refractivity contribution >= 4 is 32.3 Å². The van der Waals surface area contributed by atoms with Gasteiger partial charge in [0.1, 0.15) is 15.6 Å². The smallest absolute Gasteiger partial charge is 0.270 e. The molecule has 1 aliphatic rings. The molecule has 9 heteroatoms. The molecule has 0 bridgehead atoms. The highest BCUT2D eigenvalue weighted by Gasteiger charge is 2.24. The van der Waals surface area contributed by atoms with E-state index in [0.717, 1.165) is 30.9 Å². The molecule has 0 atom stereocenters. The van der Waals surface area contributed by atoms with Crippen LogP contribution in [0.1, 0.15) is 34.0 Å². The number of H-pyrrole nitrogens is 1. The van der Waals surface area contributed by atoms with E-state index in [1.165, 1.54) is 23.6 Å². The third kappa shape index (κ3) is 3.25. The number of aromatic nitrogens is 2. The molecule has 23 heavy (non-hydrogen) atoms. The summed E-state index contributed by atoms with van der Waals surface area (Å²) in [5, 5.41) is 1.29. The zero-order valence-corrected chi connectivity index (χ0v) is 14.6. The zero-order valence-electron chi connectivity index (χ0n) is 12.9. The van der Waals surface area contributed by atoms with E-state index in [9.17, 15) is 13.2 Å². The molecular weight excluding hydrogens is 336 g/mol. The second kappa shape index (κ2) is 5.97. The number of anilines is 1. The Morgan fingerprint density at radius 2 is 2.04 bits per heavy atom. The molecule has 0 saturated carbocycles.